The largest absolute Gasteiger partial charge is 0.294 e. The van der Waals surface area contributed by atoms with E-state index in [1.165, 1.54) is 16.7 Å². The summed E-state index contributed by atoms with van der Waals surface area (Å²) in [6, 6.07) is 36.2. The molecule has 0 bridgehead atoms. The Bertz CT molecular complexity index is 1100. The first-order valence-corrected chi connectivity index (χ1v) is 11.9. The van der Waals surface area contributed by atoms with E-state index in [1.807, 2.05) is 6.07 Å². The number of carbonyl (C=O) groups excluding carboxylic acids is 1. The molecular formula is C29H25NOS. The molecule has 4 aromatic rings. The van der Waals surface area contributed by atoms with Gasteiger partial charge in [-0.25, -0.2) is 0 Å². The van der Waals surface area contributed by atoms with E-state index >= 15 is 0 Å². The minimum absolute atomic E-state index is 0.248. The third-order valence-electron chi connectivity index (χ3n) is 6.24. The number of hydrogen-bond acceptors (Lipinski definition) is 3. The van der Waals surface area contributed by atoms with Crippen molar-refractivity contribution in [3.8, 4) is 0 Å². The quantitative estimate of drug-likeness (QED) is 0.267. The summed E-state index contributed by atoms with van der Waals surface area (Å²) in [5.74, 6) is 0.248. The molecule has 1 fully saturated rings. The Hall–Kier alpha value is -3.27. The summed E-state index contributed by atoms with van der Waals surface area (Å²) in [4.78, 5) is 16.5. The molecule has 158 valence electrons. The second-order valence-corrected chi connectivity index (χ2v) is 9.07. The molecule has 1 aliphatic rings. The van der Waals surface area contributed by atoms with Crippen molar-refractivity contribution >= 4 is 23.2 Å². The van der Waals surface area contributed by atoms with E-state index in [1.54, 1.807) is 11.3 Å². The minimum atomic E-state index is -0.487. The van der Waals surface area contributed by atoms with Gasteiger partial charge in [0.05, 0.1) is 5.54 Å². The maximum Gasteiger partial charge on any atom is 0.161 e. The summed E-state index contributed by atoms with van der Waals surface area (Å²) in [6.45, 7) is 1.31. The molecule has 0 saturated carbocycles. The standard InChI is InChI=1S/C29H25NOS/c31-28-18-19-30(22-23(28)21-27-17-10-20-32-27)29(24-11-4-1-5-12-24,25-13-6-2-7-14-25)26-15-8-3-9-16-26/h1-17,20-21H,18-19,22H2. The van der Waals surface area contributed by atoms with Crippen LogP contribution in [-0.4, -0.2) is 23.8 Å². The van der Waals surface area contributed by atoms with Gasteiger partial charge in [0, 0.05) is 30.0 Å². The lowest BCUT2D eigenvalue weighted by Crippen LogP contribution is -2.52. The van der Waals surface area contributed by atoms with Crippen molar-refractivity contribution in [1.29, 1.82) is 0 Å². The van der Waals surface area contributed by atoms with Gasteiger partial charge in [-0.05, 0) is 34.2 Å². The van der Waals surface area contributed by atoms with E-state index in [-0.39, 0.29) is 5.78 Å². The van der Waals surface area contributed by atoms with Gasteiger partial charge in [-0.1, -0.05) is 97.1 Å². The molecular weight excluding hydrogens is 410 g/mol. The number of hydrogen-bond donors (Lipinski definition) is 0. The molecule has 0 unspecified atom stereocenters. The Kier molecular flexibility index (Phi) is 5.85. The van der Waals surface area contributed by atoms with E-state index in [0.717, 1.165) is 10.5 Å². The number of thiophene rings is 1. The van der Waals surface area contributed by atoms with Crippen molar-refractivity contribution in [2.24, 2.45) is 0 Å². The van der Waals surface area contributed by atoms with Gasteiger partial charge in [-0.3, -0.25) is 9.69 Å². The highest BCUT2D eigenvalue weighted by Crippen LogP contribution is 2.44. The van der Waals surface area contributed by atoms with Gasteiger partial charge in [0.2, 0.25) is 0 Å². The van der Waals surface area contributed by atoms with Crippen LogP contribution in [0.1, 0.15) is 28.0 Å². The van der Waals surface area contributed by atoms with E-state index in [4.69, 9.17) is 0 Å². The lowest BCUT2D eigenvalue weighted by molar-refractivity contribution is -0.117. The number of rotatable bonds is 5. The van der Waals surface area contributed by atoms with Crippen LogP contribution in [0.2, 0.25) is 0 Å². The fraction of sp³-hybridized carbons (Fsp3) is 0.138. The van der Waals surface area contributed by atoms with Crippen LogP contribution in [0.25, 0.3) is 6.08 Å². The van der Waals surface area contributed by atoms with Crippen LogP contribution < -0.4 is 0 Å². The Balaban J connectivity index is 1.72. The van der Waals surface area contributed by atoms with Crippen LogP contribution >= 0.6 is 11.3 Å². The number of Topliss-reactive ketones (excluding diaryl/α,β-unsaturated/α-hetero) is 1. The average Bonchev–Trinajstić information content (AvgIpc) is 3.37. The molecule has 32 heavy (non-hydrogen) atoms. The summed E-state index contributed by atoms with van der Waals surface area (Å²) < 4.78 is 0. The average molecular weight is 436 g/mol. The number of benzene rings is 3. The number of ketones is 1. The van der Waals surface area contributed by atoms with Gasteiger partial charge in [0.25, 0.3) is 0 Å². The lowest BCUT2D eigenvalue weighted by Gasteiger charge is -2.47. The molecule has 0 spiro atoms. The van der Waals surface area contributed by atoms with E-state index in [0.29, 0.717) is 19.5 Å². The molecule has 2 heterocycles. The van der Waals surface area contributed by atoms with Gasteiger partial charge in [-0.15, -0.1) is 11.3 Å². The Labute approximate surface area is 193 Å². The van der Waals surface area contributed by atoms with Crippen LogP contribution in [0.4, 0.5) is 0 Å². The zero-order chi connectivity index (χ0) is 21.8. The first kappa shape index (κ1) is 20.6. The zero-order valence-corrected chi connectivity index (χ0v) is 18.7. The highest BCUT2D eigenvalue weighted by atomic mass is 32.1. The van der Waals surface area contributed by atoms with Gasteiger partial charge >= 0.3 is 0 Å². The molecule has 3 heteroatoms. The lowest BCUT2D eigenvalue weighted by atomic mass is 9.74. The zero-order valence-electron chi connectivity index (χ0n) is 17.9. The topological polar surface area (TPSA) is 20.3 Å². The highest BCUT2D eigenvalue weighted by Gasteiger charge is 2.44. The maximum absolute atomic E-state index is 12.9. The maximum atomic E-state index is 12.9. The second-order valence-electron chi connectivity index (χ2n) is 8.09. The third kappa shape index (κ3) is 3.75. The Morgan fingerprint density at radius 1 is 0.719 bits per heavy atom. The molecule has 1 aromatic heterocycles. The highest BCUT2D eigenvalue weighted by molar-refractivity contribution is 7.10. The fourth-order valence-corrected chi connectivity index (χ4v) is 5.49. The van der Waals surface area contributed by atoms with Crippen molar-refractivity contribution < 1.29 is 4.79 Å². The smallest absolute Gasteiger partial charge is 0.161 e. The van der Waals surface area contributed by atoms with Crippen molar-refractivity contribution in [2.75, 3.05) is 13.1 Å². The molecule has 0 radical (unpaired) electrons. The molecule has 1 aliphatic heterocycles. The fourth-order valence-electron chi connectivity index (χ4n) is 4.81. The van der Waals surface area contributed by atoms with Crippen molar-refractivity contribution in [2.45, 2.75) is 12.0 Å². The molecule has 2 nitrogen and oxygen atoms in total. The van der Waals surface area contributed by atoms with E-state index in [9.17, 15) is 4.79 Å². The van der Waals surface area contributed by atoms with Gasteiger partial charge in [0.1, 0.15) is 0 Å². The van der Waals surface area contributed by atoms with E-state index in [2.05, 4.69) is 113 Å². The molecule has 0 N–H and O–H groups in total. The van der Waals surface area contributed by atoms with Gasteiger partial charge in [0.15, 0.2) is 5.78 Å². The summed E-state index contributed by atoms with van der Waals surface area (Å²) in [5, 5.41) is 2.06. The van der Waals surface area contributed by atoms with Crippen LogP contribution in [0, 0.1) is 0 Å². The van der Waals surface area contributed by atoms with Crippen LogP contribution in [-0.2, 0) is 10.3 Å². The molecule has 0 atom stereocenters. The monoisotopic (exact) mass is 435 g/mol. The molecule has 5 rings (SSSR count). The normalized spacial score (nSPS) is 16.4. The van der Waals surface area contributed by atoms with Crippen LogP contribution in [0.5, 0.6) is 0 Å². The van der Waals surface area contributed by atoms with E-state index < -0.39 is 5.54 Å². The van der Waals surface area contributed by atoms with Crippen LogP contribution in [0.15, 0.2) is 114 Å². The second kappa shape index (κ2) is 9.07. The molecule has 0 aliphatic carbocycles. The molecule has 1 saturated heterocycles. The number of carbonyl (C=O) groups is 1. The Morgan fingerprint density at radius 2 is 1.25 bits per heavy atom. The summed E-state index contributed by atoms with van der Waals surface area (Å²) in [5.41, 5.74) is 4.02. The third-order valence-corrected chi connectivity index (χ3v) is 7.06. The predicted octanol–water partition coefficient (Wildman–Crippen LogP) is 6.40. The number of likely N-dealkylation sites (tertiary alicyclic amines) is 1. The van der Waals surface area contributed by atoms with Crippen molar-refractivity contribution in [1.82, 2.24) is 4.90 Å². The molecule has 3 aromatic carbocycles. The van der Waals surface area contributed by atoms with Gasteiger partial charge < -0.3 is 0 Å². The SMILES string of the molecule is O=C1CCN(C(c2ccccc2)(c2ccccc2)c2ccccc2)CC1=Cc1cccs1. The first-order valence-electron chi connectivity index (χ1n) is 11.0. The summed E-state index contributed by atoms with van der Waals surface area (Å²) >= 11 is 1.67. The molecule has 0 amide bonds. The number of nitrogens with zero attached hydrogens (tertiary/aromatic N) is 1. The van der Waals surface area contributed by atoms with Gasteiger partial charge in [-0.2, -0.15) is 0 Å². The Morgan fingerprint density at radius 3 is 1.72 bits per heavy atom. The minimum Gasteiger partial charge on any atom is -0.294 e. The van der Waals surface area contributed by atoms with Crippen LogP contribution in [0.3, 0.4) is 0 Å². The number of piperidine rings is 1. The summed E-state index contributed by atoms with van der Waals surface area (Å²) in [7, 11) is 0. The first-order chi connectivity index (χ1) is 15.8. The van der Waals surface area contributed by atoms with Crippen molar-refractivity contribution in [3.05, 3.63) is 136 Å². The predicted molar refractivity (Wildman–Crippen MR) is 133 cm³/mol. The summed E-state index contributed by atoms with van der Waals surface area (Å²) in [6.07, 6.45) is 2.59. The van der Waals surface area contributed by atoms with Crippen molar-refractivity contribution in [3.63, 3.8) is 0 Å².